The lowest BCUT2D eigenvalue weighted by atomic mass is 10.0. The fourth-order valence-electron chi connectivity index (χ4n) is 2.44. The molecule has 3 atom stereocenters. The molecule has 2 heteroatoms. The van der Waals surface area contributed by atoms with Crippen LogP contribution >= 0.6 is 0 Å². The zero-order chi connectivity index (χ0) is 16.5. The molecule has 0 saturated heterocycles. The third-order valence-corrected chi connectivity index (χ3v) is 3.86. The summed E-state index contributed by atoms with van der Waals surface area (Å²) in [6.07, 6.45) is 5.39. The Bertz CT molecular complexity index is 601. The maximum Gasteiger partial charge on any atom is 0.0972 e. The summed E-state index contributed by atoms with van der Waals surface area (Å²) in [6.45, 7) is 5.12. The highest BCUT2D eigenvalue weighted by atomic mass is 16.5. The first-order valence-corrected chi connectivity index (χ1v) is 7.98. The minimum absolute atomic E-state index is 0.00974. The number of benzene rings is 2. The molecule has 0 aliphatic carbocycles. The Kier molecular flexibility index (Phi) is 6.87. The van der Waals surface area contributed by atoms with Gasteiger partial charge in [-0.25, -0.2) is 0 Å². The van der Waals surface area contributed by atoms with Crippen molar-refractivity contribution in [1.82, 2.24) is 0 Å². The summed E-state index contributed by atoms with van der Waals surface area (Å²) in [7, 11) is 0. The average Bonchev–Trinajstić information content (AvgIpc) is 2.61. The van der Waals surface area contributed by atoms with Crippen LogP contribution in [0, 0.1) is 18.3 Å². The van der Waals surface area contributed by atoms with E-state index in [4.69, 9.17) is 15.9 Å². The molecule has 0 aliphatic heterocycles. The molecule has 0 fully saturated rings. The van der Waals surface area contributed by atoms with Crippen molar-refractivity contribution in [2.45, 2.75) is 39.3 Å². The third kappa shape index (κ3) is 5.56. The van der Waals surface area contributed by atoms with Gasteiger partial charge in [-0.05, 0) is 25.0 Å². The molecule has 0 saturated carbocycles. The standard InChI is InChI=1S/C21H24O2/c1-4-17(2)21(23-16-20-13-9-6-10-14-20)18(3)22-15-19-11-7-5-8-12-19/h1,5-14,17-18,21H,15-16H2,2-3H3/t17-,18+,21-/m1/s1. The van der Waals surface area contributed by atoms with Crippen LogP contribution in [0.2, 0.25) is 0 Å². The minimum atomic E-state index is -0.135. The smallest absolute Gasteiger partial charge is 0.0972 e. The maximum absolute atomic E-state index is 6.06. The van der Waals surface area contributed by atoms with Crippen molar-refractivity contribution in [3.8, 4) is 12.3 Å². The number of hydrogen-bond acceptors (Lipinski definition) is 2. The summed E-state index contributed by atoms with van der Waals surface area (Å²) < 4.78 is 12.0. The third-order valence-electron chi connectivity index (χ3n) is 3.86. The molecule has 0 unspecified atom stereocenters. The van der Waals surface area contributed by atoms with Gasteiger partial charge in [-0.15, -0.1) is 12.3 Å². The van der Waals surface area contributed by atoms with Crippen LogP contribution in [-0.2, 0) is 22.7 Å². The first-order chi connectivity index (χ1) is 11.2. The Morgan fingerprint density at radius 2 is 1.30 bits per heavy atom. The molecule has 0 aliphatic rings. The molecule has 0 aromatic heterocycles. The van der Waals surface area contributed by atoms with Gasteiger partial charge in [0.25, 0.3) is 0 Å². The summed E-state index contributed by atoms with van der Waals surface area (Å²) in [6, 6.07) is 20.2. The summed E-state index contributed by atoms with van der Waals surface area (Å²) >= 11 is 0. The van der Waals surface area contributed by atoms with E-state index < -0.39 is 0 Å². The zero-order valence-electron chi connectivity index (χ0n) is 13.8. The van der Waals surface area contributed by atoms with E-state index in [0.29, 0.717) is 13.2 Å². The first kappa shape index (κ1) is 17.3. The molecule has 0 amide bonds. The van der Waals surface area contributed by atoms with E-state index in [0.717, 1.165) is 11.1 Å². The molecule has 0 heterocycles. The second kappa shape index (κ2) is 9.15. The first-order valence-electron chi connectivity index (χ1n) is 7.98. The van der Waals surface area contributed by atoms with Gasteiger partial charge in [-0.2, -0.15) is 0 Å². The molecular weight excluding hydrogens is 284 g/mol. The zero-order valence-corrected chi connectivity index (χ0v) is 13.8. The van der Waals surface area contributed by atoms with Gasteiger partial charge in [0, 0.05) is 5.92 Å². The highest BCUT2D eigenvalue weighted by Gasteiger charge is 2.24. The fourth-order valence-corrected chi connectivity index (χ4v) is 2.44. The average molecular weight is 308 g/mol. The SMILES string of the molecule is C#C[C@@H](C)[C@@H](OCc1ccccc1)[C@H](C)OCc1ccccc1. The molecule has 2 rings (SSSR count). The van der Waals surface area contributed by atoms with Crippen molar-refractivity contribution in [3.05, 3.63) is 71.8 Å². The van der Waals surface area contributed by atoms with Gasteiger partial charge in [0.2, 0.25) is 0 Å². The van der Waals surface area contributed by atoms with Gasteiger partial charge >= 0.3 is 0 Å². The maximum atomic E-state index is 6.06. The van der Waals surface area contributed by atoms with Crippen LogP contribution in [0.15, 0.2) is 60.7 Å². The molecule has 2 aromatic rings. The van der Waals surface area contributed by atoms with Crippen molar-refractivity contribution in [3.63, 3.8) is 0 Å². The summed E-state index contributed by atoms with van der Waals surface area (Å²) in [5, 5.41) is 0. The Morgan fingerprint density at radius 1 is 0.826 bits per heavy atom. The van der Waals surface area contributed by atoms with E-state index in [2.05, 4.69) is 18.1 Å². The van der Waals surface area contributed by atoms with Crippen LogP contribution in [0.3, 0.4) is 0 Å². The predicted molar refractivity (Wildman–Crippen MR) is 93.7 cm³/mol. The van der Waals surface area contributed by atoms with Crippen molar-refractivity contribution in [2.24, 2.45) is 5.92 Å². The van der Waals surface area contributed by atoms with Crippen molar-refractivity contribution < 1.29 is 9.47 Å². The van der Waals surface area contributed by atoms with Crippen molar-refractivity contribution in [1.29, 1.82) is 0 Å². The highest BCUT2D eigenvalue weighted by molar-refractivity contribution is 5.14. The van der Waals surface area contributed by atoms with Gasteiger partial charge in [0.15, 0.2) is 0 Å². The Morgan fingerprint density at radius 3 is 1.78 bits per heavy atom. The topological polar surface area (TPSA) is 18.5 Å². The van der Waals surface area contributed by atoms with Crippen LogP contribution in [0.5, 0.6) is 0 Å². The monoisotopic (exact) mass is 308 g/mol. The predicted octanol–water partition coefficient (Wildman–Crippen LogP) is 4.45. The van der Waals surface area contributed by atoms with Gasteiger partial charge in [0.1, 0.15) is 0 Å². The highest BCUT2D eigenvalue weighted by Crippen LogP contribution is 2.17. The lowest BCUT2D eigenvalue weighted by molar-refractivity contribution is -0.0902. The molecule has 2 nitrogen and oxygen atoms in total. The van der Waals surface area contributed by atoms with Crippen LogP contribution in [0.25, 0.3) is 0 Å². The van der Waals surface area contributed by atoms with Gasteiger partial charge in [-0.1, -0.05) is 60.7 Å². The quantitative estimate of drug-likeness (QED) is 0.671. The number of ether oxygens (including phenoxy) is 2. The van der Waals surface area contributed by atoms with Gasteiger partial charge in [-0.3, -0.25) is 0 Å². The normalized spacial score (nSPS) is 14.7. The van der Waals surface area contributed by atoms with Crippen LogP contribution in [0.4, 0.5) is 0 Å². The second-order valence-corrected chi connectivity index (χ2v) is 5.72. The Labute approximate surface area is 139 Å². The molecule has 120 valence electrons. The van der Waals surface area contributed by atoms with Gasteiger partial charge < -0.3 is 9.47 Å². The summed E-state index contributed by atoms with van der Waals surface area (Å²) in [5.74, 6) is 2.77. The molecule has 0 radical (unpaired) electrons. The van der Waals surface area contributed by atoms with E-state index in [1.807, 2.05) is 62.4 Å². The van der Waals surface area contributed by atoms with Crippen LogP contribution in [-0.4, -0.2) is 12.2 Å². The molecule has 0 spiro atoms. The van der Waals surface area contributed by atoms with Crippen molar-refractivity contribution >= 4 is 0 Å². The minimum Gasteiger partial charge on any atom is -0.371 e. The lowest BCUT2D eigenvalue weighted by Gasteiger charge is -2.27. The largest absolute Gasteiger partial charge is 0.371 e. The Balaban J connectivity index is 1.93. The molecule has 0 N–H and O–H groups in total. The molecule has 0 bridgehead atoms. The van der Waals surface area contributed by atoms with E-state index in [1.54, 1.807) is 0 Å². The number of hydrogen-bond donors (Lipinski definition) is 0. The lowest BCUT2D eigenvalue weighted by Crippen LogP contribution is -2.34. The number of rotatable bonds is 8. The van der Waals surface area contributed by atoms with Gasteiger partial charge in [0.05, 0.1) is 25.4 Å². The number of terminal acetylenes is 1. The van der Waals surface area contributed by atoms with Crippen LogP contribution in [0.1, 0.15) is 25.0 Å². The van der Waals surface area contributed by atoms with E-state index >= 15 is 0 Å². The van der Waals surface area contributed by atoms with E-state index in [-0.39, 0.29) is 18.1 Å². The van der Waals surface area contributed by atoms with E-state index in [9.17, 15) is 0 Å². The van der Waals surface area contributed by atoms with E-state index in [1.165, 1.54) is 0 Å². The fraction of sp³-hybridized carbons (Fsp3) is 0.333. The summed E-state index contributed by atoms with van der Waals surface area (Å²) in [4.78, 5) is 0. The molecule has 23 heavy (non-hydrogen) atoms. The molecular formula is C21H24O2. The molecule has 2 aromatic carbocycles. The second-order valence-electron chi connectivity index (χ2n) is 5.72. The van der Waals surface area contributed by atoms with Crippen molar-refractivity contribution in [2.75, 3.05) is 0 Å². The van der Waals surface area contributed by atoms with Crippen LogP contribution < -0.4 is 0 Å². The Hall–Kier alpha value is -2.08. The summed E-state index contributed by atoms with van der Waals surface area (Å²) in [5.41, 5.74) is 2.28.